The van der Waals surface area contributed by atoms with Gasteiger partial charge in [0.1, 0.15) is 0 Å². The van der Waals surface area contributed by atoms with Crippen LogP contribution in [0.1, 0.15) is 12.5 Å². The van der Waals surface area contributed by atoms with Gasteiger partial charge in [-0.05, 0) is 17.0 Å². The molecule has 0 aliphatic carbocycles. The molecule has 0 unspecified atom stereocenters. The van der Waals surface area contributed by atoms with Crippen molar-refractivity contribution in [2.24, 2.45) is 0 Å². The van der Waals surface area contributed by atoms with E-state index in [9.17, 15) is 15.0 Å². The van der Waals surface area contributed by atoms with Gasteiger partial charge in [0, 0.05) is 23.1 Å². The zero-order chi connectivity index (χ0) is 13.2. The molecule has 0 spiro atoms. The Kier molecular flexibility index (Phi) is 3.65. The molecule has 2 rings (SSSR count). The molecule has 0 amide bonds. The number of hydrogen-bond acceptors (Lipinski definition) is 4. The Labute approximate surface area is 109 Å². The Morgan fingerprint density at radius 2 is 2.00 bits per heavy atom. The van der Waals surface area contributed by atoms with Gasteiger partial charge in [0.2, 0.25) is 0 Å². The molecule has 2 N–H and O–H groups in total. The van der Waals surface area contributed by atoms with Gasteiger partial charge < -0.3 is 10.2 Å². The molecule has 0 saturated heterocycles. The second-order valence-electron chi connectivity index (χ2n) is 4.48. The van der Waals surface area contributed by atoms with Crippen LogP contribution in [0, 0.1) is 0 Å². The van der Waals surface area contributed by atoms with Crippen molar-refractivity contribution < 1.29 is 10.2 Å². The Morgan fingerprint density at radius 3 is 2.56 bits per heavy atom. The molecule has 2 aromatic heterocycles. The summed E-state index contributed by atoms with van der Waals surface area (Å²) in [6.07, 6.45) is 1.68. The van der Waals surface area contributed by atoms with Crippen molar-refractivity contribution in [1.29, 1.82) is 0 Å². The summed E-state index contributed by atoms with van der Waals surface area (Å²) in [4.78, 5) is 11.8. The molecule has 0 bridgehead atoms. The summed E-state index contributed by atoms with van der Waals surface area (Å²) in [7, 11) is 0. The highest BCUT2D eigenvalue weighted by Crippen LogP contribution is 2.22. The minimum Gasteiger partial charge on any atom is -0.395 e. The molecule has 0 atom stereocenters. The zero-order valence-electron chi connectivity index (χ0n) is 10.0. The van der Waals surface area contributed by atoms with Crippen LogP contribution >= 0.6 is 11.3 Å². The fraction of sp³-hybridized carbons (Fsp3) is 0.308. The molecule has 0 saturated carbocycles. The fourth-order valence-corrected chi connectivity index (χ4v) is 2.30. The molecular weight excluding hydrogens is 250 g/mol. The molecule has 2 heterocycles. The maximum absolute atomic E-state index is 11.8. The van der Waals surface area contributed by atoms with Gasteiger partial charge in [-0.15, -0.1) is 0 Å². The quantitative estimate of drug-likeness (QED) is 0.871. The smallest absolute Gasteiger partial charge is 0.255 e. The van der Waals surface area contributed by atoms with Gasteiger partial charge in [0.05, 0.1) is 18.9 Å². The minimum atomic E-state index is -0.745. The number of aliphatic hydroxyl groups excluding tert-OH is 2. The summed E-state index contributed by atoms with van der Waals surface area (Å²) >= 11 is 1.51. The molecule has 5 heteroatoms. The van der Waals surface area contributed by atoms with Crippen LogP contribution in [0.2, 0.25) is 0 Å². The average Bonchev–Trinajstić information content (AvgIpc) is 2.92. The van der Waals surface area contributed by atoms with E-state index < -0.39 is 5.41 Å². The highest BCUT2D eigenvalue weighted by Gasteiger charge is 2.25. The number of aliphatic hydroxyl groups is 2. The summed E-state index contributed by atoms with van der Waals surface area (Å²) < 4.78 is 1.52. The average molecular weight is 265 g/mol. The molecule has 0 radical (unpaired) electrons. The number of nitrogens with zero attached hydrogens (tertiary/aromatic N) is 1. The number of hydrogen-bond donors (Lipinski definition) is 2. The Hall–Kier alpha value is -1.43. The van der Waals surface area contributed by atoms with E-state index in [0.29, 0.717) is 0 Å². The second kappa shape index (κ2) is 5.06. The number of pyridine rings is 1. The van der Waals surface area contributed by atoms with E-state index in [1.807, 2.05) is 16.8 Å². The number of rotatable bonds is 4. The summed E-state index contributed by atoms with van der Waals surface area (Å²) in [5.41, 5.74) is 0.657. The van der Waals surface area contributed by atoms with Crippen molar-refractivity contribution in [3.8, 4) is 5.69 Å². The molecule has 18 heavy (non-hydrogen) atoms. The zero-order valence-corrected chi connectivity index (χ0v) is 10.9. The SMILES string of the molecule is CC(CO)(CO)c1ccc(=O)n(-c2ccsc2)c1. The monoisotopic (exact) mass is 265 g/mol. The first-order valence-corrected chi connectivity index (χ1v) is 6.52. The van der Waals surface area contributed by atoms with Gasteiger partial charge >= 0.3 is 0 Å². The third-order valence-corrected chi connectivity index (χ3v) is 3.76. The highest BCUT2D eigenvalue weighted by atomic mass is 32.1. The topological polar surface area (TPSA) is 62.5 Å². The maximum Gasteiger partial charge on any atom is 0.255 e. The van der Waals surface area contributed by atoms with Crippen molar-refractivity contribution in [2.75, 3.05) is 13.2 Å². The lowest BCUT2D eigenvalue weighted by Gasteiger charge is -2.25. The van der Waals surface area contributed by atoms with Crippen molar-refractivity contribution in [2.45, 2.75) is 12.3 Å². The first kappa shape index (κ1) is 13.0. The van der Waals surface area contributed by atoms with Crippen LogP contribution in [0.15, 0.2) is 40.0 Å². The summed E-state index contributed by atoms with van der Waals surface area (Å²) in [5, 5.41) is 22.5. The molecule has 4 nitrogen and oxygen atoms in total. The minimum absolute atomic E-state index is 0.129. The lowest BCUT2D eigenvalue weighted by molar-refractivity contribution is 0.129. The predicted molar refractivity (Wildman–Crippen MR) is 71.4 cm³/mol. The predicted octanol–water partition coefficient (Wildman–Crippen LogP) is 1.14. The molecule has 96 valence electrons. The van der Waals surface area contributed by atoms with Crippen LogP contribution < -0.4 is 5.56 Å². The summed E-state index contributed by atoms with van der Waals surface area (Å²) in [6.45, 7) is 1.40. The third-order valence-electron chi connectivity index (χ3n) is 3.09. The number of thiophene rings is 1. The third kappa shape index (κ3) is 2.25. The van der Waals surface area contributed by atoms with Crippen molar-refractivity contribution >= 4 is 11.3 Å². The van der Waals surface area contributed by atoms with Crippen LogP contribution in [-0.2, 0) is 5.41 Å². The van der Waals surface area contributed by atoms with E-state index in [4.69, 9.17) is 0 Å². The van der Waals surface area contributed by atoms with Crippen molar-refractivity contribution in [3.05, 3.63) is 51.1 Å². The normalized spacial score (nSPS) is 11.7. The van der Waals surface area contributed by atoms with E-state index in [-0.39, 0.29) is 18.8 Å². The van der Waals surface area contributed by atoms with Gasteiger partial charge in [-0.3, -0.25) is 9.36 Å². The molecule has 0 fully saturated rings. The molecular formula is C13H15NO3S. The van der Waals surface area contributed by atoms with Gasteiger partial charge in [-0.1, -0.05) is 13.0 Å². The van der Waals surface area contributed by atoms with Crippen LogP contribution in [0.5, 0.6) is 0 Å². The van der Waals surface area contributed by atoms with E-state index in [2.05, 4.69) is 0 Å². The van der Waals surface area contributed by atoms with Crippen LogP contribution in [0.3, 0.4) is 0 Å². The lowest BCUT2D eigenvalue weighted by atomic mass is 9.85. The summed E-state index contributed by atoms with van der Waals surface area (Å²) in [5.74, 6) is 0. The van der Waals surface area contributed by atoms with Gasteiger partial charge in [0.25, 0.3) is 5.56 Å². The van der Waals surface area contributed by atoms with Crippen molar-refractivity contribution in [1.82, 2.24) is 4.57 Å². The Morgan fingerprint density at radius 1 is 1.28 bits per heavy atom. The van der Waals surface area contributed by atoms with Gasteiger partial charge in [-0.2, -0.15) is 11.3 Å². The van der Waals surface area contributed by atoms with Crippen molar-refractivity contribution in [3.63, 3.8) is 0 Å². The van der Waals surface area contributed by atoms with E-state index >= 15 is 0 Å². The summed E-state index contributed by atoms with van der Waals surface area (Å²) in [6, 6.07) is 4.96. The molecule has 0 aromatic carbocycles. The van der Waals surface area contributed by atoms with Crippen LogP contribution in [-0.4, -0.2) is 28.0 Å². The van der Waals surface area contributed by atoms with E-state index in [1.165, 1.54) is 22.0 Å². The first-order valence-electron chi connectivity index (χ1n) is 5.58. The highest BCUT2D eigenvalue weighted by molar-refractivity contribution is 7.08. The van der Waals surface area contributed by atoms with E-state index in [0.717, 1.165) is 11.3 Å². The molecule has 2 aromatic rings. The Balaban J connectivity index is 2.54. The maximum atomic E-state index is 11.8. The second-order valence-corrected chi connectivity index (χ2v) is 5.26. The van der Waals surface area contributed by atoms with E-state index in [1.54, 1.807) is 19.2 Å². The lowest BCUT2D eigenvalue weighted by Crippen LogP contribution is -2.32. The standard InChI is InChI=1S/C13H15NO3S/c1-13(8-15,9-16)10-2-3-12(17)14(6-10)11-4-5-18-7-11/h2-7,15-16H,8-9H2,1H3. The molecule has 0 aliphatic rings. The van der Waals surface area contributed by atoms with Crippen LogP contribution in [0.4, 0.5) is 0 Å². The number of aromatic nitrogens is 1. The first-order chi connectivity index (χ1) is 8.60. The van der Waals surface area contributed by atoms with Gasteiger partial charge in [0.15, 0.2) is 0 Å². The van der Waals surface area contributed by atoms with Gasteiger partial charge in [-0.25, -0.2) is 0 Å². The Bertz CT molecular complexity index is 570. The van der Waals surface area contributed by atoms with Crippen LogP contribution in [0.25, 0.3) is 5.69 Å². The fourth-order valence-electron chi connectivity index (χ4n) is 1.67. The largest absolute Gasteiger partial charge is 0.395 e. The molecule has 0 aliphatic heterocycles.